The minimum Gasteiger partial charge on any atom is -0.469 e. The van der Waals surface area contributed by atoms with Gasteiger partial charge in [0.25, 0.3) is 5.91 Å². The fraction of sp³-hybridized carbons (Fsp3) is 0.250. The van der Waals surface area contributed by atoms with Gasteiger partial charge in [-0.05, 0) is 37.3 Å². The van der Waals surface area contributed by atoms with Crippen molar-refractivity contribution >= 4 is 23.2 Å². The number of imidazole rings is 1. The zero-order valence-electron chi connectivity index (χ0n) is 15.4. The lowest BCUT2D eigenvalue weighted by Crippen LogP contribution is -2.15. The van der Waals surface area contributed by atoms with Gasteiger partial charge in [-0.3, -0.25) is 9.59 Å². The average molecular weight is 366 g/mol. The molecular weight excluding hydrogens is 344 g/mol. The highest BCUT2D eigenvalue weighted by Gasteiger charge is 2.09. The highest BCUT2D eigenvalue weighted by atomic mass is 16.3. The lowest BCUT2D eigenvalue weighted by molar-refractivity contribution is -0.116. The number of hydrogen-bond donors (Lipinski definition) is 2. The Balaban J connectivity index is 1.51. The second kappa shape index (κ2) is 8.35. The molecule has 0 saturated carbocycles. The smallest absolute Gasteiger partial charge is 0.258 e. The summed E-state index contributed by atoms with van der Waals surface area (Å²) in [6, 6.07) is 8.66. The Morgan fingerprint density at radius 1 is 1.15 bits per heavy atom. The van der Waals surface area contributed by atoms with Crippen LogP contribution in [0, 0.1) is 6.92 Å². The summed E-state index contributed by atoms with van der Waals surface area (Å²) in [5.41, 5.74) is 1.79. The number of carbonyl (C=O) groups is 2. The van der Waals surface area contributed by atoms with E-state index in [0.29, 0.717) is 35.7 Å². The van der Waals surface area contributed by atoms with Crippen LogP contribution in [0.15, 0.2) is 53.4 Å². The molecule has 7 heteroatoms. The number of carbonyl (C=O) groups excluding carboxylic acids is 2. The van der Waals surface area contributed by atoms with Crippen molar-refractivity contribution in [3.63, 3.8) is 0 Å². The molecule has 7 nitrogen and oxygen atoms in total. The molecule has 0 aliphatic carbocycles. The number of benzene rings is 1. The van der Waals surface area contributed by atoms with Crippen LogP contribution in [0.4, 0.5) is 11.4 Å². The van der Waals surface area contributed by atoms with Gasteiger partial charge in [-0.15, -0.1) is 0 Å². The summed E-state index contributed by atoms with van der Waals surface area (Å²) in [6.07, 6.45) is 6.24. The van der Waals surface area contributed by atoms with Gasteiger partial charge in [0.05, 0.1) is 5.56 Å². The van der Waals surface area contributed by atoms with E-state index in [1.807, 2.05) is 17.7 Å². The molecule has 1 aromatic carbocycles. The molecule has 2 heterocycles. The Bertz CT molecular complexity index is 925. The molecule has 2 amide bonds. The van der Waals surface area contributed by atoms with Crippen LogP contribution >= 0.6 is 0 Å². The number of aryl methyl sites for hydroxylation is 3. The van der Waals surface area contributed by atoms with E-state index in [0.717, 1.165) is 12.2 Å². The highest BCUT2D eigenvalue weighted by molar-refractivity contribution is 6.04. The lowest BCUT2D eigenvalue weighted by atomic mass is 10.2. The molecule has 2 aromatic heterocycles. The molecule has 140 valence electrons. The van der Waals surface area contributed by atoms with Gasteiger partial charge in [0.15, 0.2) is 0 Å². The van der Waals surface area contributed by atoms with E-state index >= 15 is 0 Å². The zero-order chi connectivity index (χ0) is 19.2. The van der Waals surface area contributed by atoms with Crippen molar-refractivity contribution in [1.29, 1.82) is 0 Å². The van der Waals surface area contributed by atoms with E-state index < -0.39 is 0 Å². The molecule has 0 radical (unpaired) electrons. The number of furan rings is 1. The van der Waals surface area contributed by atoms with Crippen molar-refractivity contribution in [2.24, 2.45) is 0 Å². The first-order chi connectivity index (χ1) is 13.0. The number of nitrogens with zero attached hydrogens (tertiary/aromatic N) is 2. The number of nitrogens with one attached hydrogen (secondary N) is 2. The van der Waals surface area contributed by atoms with E-state index in [4.69, 9.17) is 4.42 Å². The normalized spacial score (nSPS) is 10.6. The predicted molar refractivity (Wildman–Crippen MR) is 103 cm³/mol. The lowest BCUT2D eigenvalue weighted by Gasteiger charge is -2.09. The number of amides is 2. The minimum absolute atomic E-state index is 0.0728. The van der Waals surface area contributed by atoms with Gasteiger partial charge in [-0.1, -0.05) is 6.92 Å². The van der Waals surface area contributed by atoms with Crippen molar-refractivity contribution in [2.75, 3.05) is 10.6 Å². The summed E-state index contributed by atoms with van der Waals surface area (Å²) >= 11 is 0. The van der Waals surface area contributed by atoms with Gasteiger partial charge in [-0.2, -0.15) is 0 Å². The van der Waals surface area contributed by atoms with Crippen molar-refractivity contribution in [1.82, 2.24) is 9.55 Å². The number of rotatable bonds is 7. The molecule has 3 aromatic rings. The maximum absolute atomic E-state index is 12.1. The van der Waals surface area contributed by atoms with Crippen LogP contribution in [0.3, 0.4) is 0 Å². The fourth-order valence-electron chi connectivity index (χ4n) is 2.71. The monoisotopic (exact) mass is 366 g/mol. The molecule has 27 heavy (non-hydrogen) atoms. The minimum atomic E-state index is -0.240. The maximum Gasteiger partial charge on any atom is 0.258 e. The van der Waals surface area contributed by atoms with Gasteiger partial charge in [0, 0.05) is 43.2 Å². The van der Waals surface area contributed by atoms with Gasteiger partial charge in [0.1, 0.15) is 17.8 Å². The summed E-state index contributed by atoms with van der Waals surface area (Å²) in [7, 11) is 0. The summed E-state index contributed by atoms with van der Waals surface area (Å²) in [5, 5.41) is 5.64. The summed E-state index contributed by atoms with van der Waals surface area (Å²) in [4.78, 5) is 28.5. The molecule has 2 N–H and O–H groups in total. The van der Waals surface area contributed by atoms with Gasteiger partial charge < -0.3 is 19.6 Å². The van der Waals surface area contributed by atoms with Gasteiger partial charge >= 0.3 is 0 Å². The van der Waals surface area contributed by atoms with Crippen LogP contribution in [0.1, 0.15) is 35.3 Å². The fourth-order valence-corrected chi connectivity index (χ4v) is 2.71. The van der Waals surface area contributed by atoms with Crippen molar-refractivity contribution in [3.8, 4) is 0 Å². The molecule has 0 saturated heterocycles. The summed E-state index contributed by atoms with van der Waals surface area (Å²) in [5.74, 6) is 1.34. The molecule has 0 fully saturated rings. The molecule has 0 atom stereocenters. The van der Waals surface area contributed by atoms with E-state index in [-0.39, 0.29) is 11.8 Å². The van der Waals surface area contributed by atoms with Gasteiger partial charge in [-0.25, -0.2) is 4.98 Å². The second-order valence-corrected chi connectivity index (χ2v) is 6.17. The molecule has 0 aliphatic rings. The SMILES string of the molecule is CCc1nccn1CCC(=O)Nc1ccc(NC(=O)c2coc(C)c2)cc1. The average Bonchev–Trinajstić information content (AvgIpc) is 3.30. The van der Waals surface area contributed by atoms with E-state index in [2.05, 4.69) is 15.6 Å². The molecule has 0 aliphatic heterocycles. The van der Waals surface area contributed by atoms with Crippen LogP contribution in [-0.2, 0) is 17.8 Å². The van der Waals surface area contributed by atoms with Crippen LogP contribution in [0.25, 0.3) is 0 Å². The number of anilines is 2. The summed E-state index contributed by atoms with van der Waals surface area (Å²) in [6.45, 7) is 4.41. The molecular formula is C20H22N4O3. The maximum atomic E-state index is 12.1. The van der Waals surface area contributed by atoms with Crippen molar-refractivity contribution < 1.29 is 14.0 Å². The Hall–Kier alpha value is -3.35. The van der Waals surface area contributed by atoms with Crippen LogP contribution in [-0.4, -0.2) is 21.4 Å². The number of aromatic nitrogens is 2. The van der Waals surface area contributed by atoms with Crippen molar-refractivity contribution in [3.05, 3.63) is 66.1 Å². The number of hydrogen-bond acceptors (Lipinski definition) is 4. The van der Waals surface area contributed by atoms with Crippen LogP contribution < -0.4 is 10.6 Å². The second-order valence-electron chi connectivity index (χ2n) is 6.17. The van der Waals surface area contributed by atoms with Crippen LogP contribution in [0.5, 0.6) is 0 Å². The van der Waals surface area contributed by atoms with E-state index in [1.165, 1.54) is 6.26 Å². The Labute approximate surface area is 157 Å². The van der Waals surface area contributed by atoms with Crippen LogP contribution in [0.2, 0.25) is 0 Å². The van der Waals surface area contributed by atoms with Crippen molar-refractivity contribution in [2.45, 2.75) is 33.2 Å². The zero-order valence-corrected chi connectivity index (χ0v) is 15.4. The molecule has 0 unspecified atom stereocenters. The van der Waals surface area contributed by atoms with E-state index in [1.54, 1.807) is 43.5 Å². The largest absolute Gasteiger partial charge is 0.469 e. The Kier molecular flexibility index (Phi) is 5.71. The predicted octanol–water partition coefficient (Wildman–Crippen LogP) is 3.63. The topological polar surface area (TPSA) is 89.2 Å². The first-order valence-corrected chi connectivity index (χ1v) is 8.81. The first kappa shape index (κ1) is 18.4. The first-order valence-electron chi connectivity index (χ1n) is 8.81. The van der Waals surface area contributed by atoms with E-state index in [9.17, 15) is 9.59 Å². The Morgan fingerprint density at radius 2 is 1.85 bits per heavy atom. The quantitative estimate of drug-likeness (QED) is 0.668. The standard InChI is InChI=1S/C20H22N4O3/c1-3-18-21-9-11-24(18)10-8-19(25)22-16-4-6-17(7-5-16)23-20(26)15-12-14(2)27-13-15/h4-7,9,11-13H,3,8,10H2,1-2H3,(H,22,25)(H,23,26). The molecule has 0 spiro atoms. The third-order valence-electron chi connectivity index (χ3n) is 4.12. The third-order valence-corrected chi connectivity index (χ3v) is 4.12. The Morgan fingerprint density at radius 3 is 2.48 bits per heavy atom. The summed E-state index contributed by atoms with van der Waals surface area (Å²) < 4.78 is 7.12. The third kappa shape index (κ3) is 4.84. The van der Waals surface area contributed by atoms with Gasteiger partial charge in [0.2, 0.25) is 5.91 Å². The molecule has 3 rings (SSSR count). The highest BCUT2D eigenvalue weighted by Crippen LogP contribution is 2.16. The molecule has 0 bridgehead atoms.